The molecule has 0 aliphatic carbocycles. The van der Waals surface area contributed by atoms with E-state index in [0.717, 1.165) is 24.2 Å². The summed E-state index contributed by atoms with van der Waals surface area (Å²) in [4.78, 5) is 3.97. The fourth-order valence-corrected chi connectivity index (χ4v) is 1.51. The van der Waals surface area contributed by atoms with Crippen LogP contribution in [-0.4, -0.2) is 11.7 Å². The Kier molecular flexibility index (Phi) is 5.04. The molecule has 0 atom stereocenters. The number of hydrogen-bond donors (Lipinski definition) is 3. The van der Waals surface area contributed by atoms with Crippen LogP contribution in [0.4, 0.5) is 0 Å². The molecule has 0 radical (unpaired) electrons. The van der Waals surface area contributed by atoms with Crippen molar-refractivity contribution in [3.8, 4) is 0 Å². The first-order valence-electron chi connectivity index (χ1n) is 4.96. The lowest BCUT2D eigenvalue weighted by molar-refractivity contribution is 0.928. The lowest BCUT2D eigenvalue weighted by atomic mass is 10.1. The highest BCUT2D eigenvalue weighted by Gasteiger charge is 1.95. The van der Waals surface area contributed by atoms with Crippen LogP contribution in [0, 0.1) is 0 Å². The Bertz CT molecular complexity index is 332. The molecule has 0 aromatic heterocycles. The zero-order valence-corrected chi connectivity index (χ0v) is 9.58. The number of nitrogens with two attached hydrogens (primary N) is 2. The standard InChI is InChI=1S/C11H17N3S/c12-11(13)14-8-10-4-1-3-9(7-10)5-2-6-15/h1,3-4,7,15H,2,5-6,8H2,(H4,12,13,14). The van der Waals surface area contributed by atoms with Crippen LogP contribution in [0.5, 0.6) is 0 Å². The summed E-state index contributed by atoms with van der Waals surface area (Å²) in [5.74, 6) is 1.05. The fourth-order valence-electron chi connectivity index (χ4n) is 1.35. The molecule has 0 heterocycles. The summed E-state index contributed by atoms with van der Waals surface area (Å²) >= 11 is 4.19. The predicted molar refractivity (Wildman–Crippen MR) is 68.1 cm³/mol. The minimum absolute atomic E-state index is 0.135. The number of hydrogen-bond acceptors (Lipinski definition) is 2. The molecule has 1 aromatic carbocycles. The average molecular weight is 223 g/mol. The Hall–Kier alpha value is -1.16. The number of nitrogens with zero attached hydrogens (tertiary/aromatic N) is 1. The Labute approximate surface area is 96.0 Å². The number of aryl methyl sites for hydroxylation is 1. The van der Waals surface area contributed by atoms with Crippen LogP contribution in [0.25, 0.3) is 0 Å². The van der Waals surface area contributed by atoms with Crippen molar-refractivity contribution < 1.29 is 0 Å². The van der Waals surface area contributed by atoms with Crippen molar-refractivity contribution in [3.63, 3.8) is 0 Å². The van der Waals surface area contributed by atoms with Crippen molar-refractivity contribution in [2.75, 3.05) is 5.75 Å². The van der Waals surface area contributed by atoms with Crippen molar-refractivity contribution in [3.05, 3.63) is 35.4 Å². The molecule has 0 spiro atoms. The zero-order chi connectivity index (χ0) is 11.1. The maximum atomic E-state index is 5.28. The molecule has 82 valence electrons. The minimum atomic E-state index is 0.135. The van der Waals surface area contributed by atoms with E-state index < -0.39 is 0 Å². The van der Waals surface area contributed by atoms with Gasteiger partial charge < -0.3 is 11.5 Å². The molecule has 0 amide bonds. The predicted octanol–water partition coefficient (Wildman–Crippen LogP) is 1.32. The Morgan fingerprint density at radius 1 is 1.27 bits per heavy atom. The van der Waals surface area contributed by atoms with Crippen molar-refractivity contribution in [1.29, 1.82) is 0 Å². The molecule has 0 fully saturated rings. The fraction of sp³-hybridized carbons (Fsp3) is 0.364. The summed E-state index contributed by atoms with van der Waals surface area (Å²) in [6.45, 7) is 0.553. The highest BCUT2D eigenvalue weighted by molar-refractivity contribution is 7.80. The van der Waals surface area contributed by atoms with E-state index in [4.69, 9.17) is 11.5 Å². The SMILES string of the molecule is NC(N)=NCc1cccc(CCCS)c1. The van der Waals surface area contributed by atoms with Gasteiger partial charge in [-0.1, -0.05) is 24.3 Å². The van der Waals surface area contributed by atoms with Gasteiger partial charge in [0.25, 0.3) is 0 Å². The molecule has 0 bridgehead atoms. The molecule has 3 nitrogen and oxygen atoms in total. The lowest BCUT2D eigenvalue weighted by Crippen LogP contribution is -2.22. The highest BCUT2D eigenvalue weighted by atomic mass is 32.1. The van der Waals surface area contributed by atoms with E-state index in [9.17, 15) is 0 Å². The van der Waals surface area contributed by atoms with Crippen LogP contribution in [-0.2, 0) is 13.0 Å². The Morgan fingerprint density at radius 2 is 2.00 bits per heavy atom. The number of guanidine groups is 1. The molecule has 0 aliphatic rings. The molecular weight excluding hydrogens is 206 g/mol. The van der Waals surface area contributed by atoms with Crippen LogP contribution in [0.3, 0.4) is 0 Å². The Balaban J connectivity index is 2.61. The summed E-state index contributed by atoms with van der Waals surface area (Å²) < 4.78 is 0. The molecule has 0 unspecified atom stereocenters. The van der Waals surface area contributed by atoms with Gasteiger partial charge in [-0.25, -0.2) is 4.99 Å². The molecule has 0 saturated heterocycles. The van der Waals surface area contributed by atoms with E-state index in [1.807, 2.05) is 12.1 Å². The maximum Gasteiger partial charge on any atom is 0.186 e. The van der Waals surface area contributed by atoms with Gasteiger partial charge in [0.05, 0.1) is 6.54 Å². The summed E-state index contributed by atoms with van der Waals surface area (Å²) in [5.41, 5.74) is 13.0. The number of rotatable bonds is 5. The van der Waals surface area contributed by atoms with Crippen LogP contribution in [0.15, 0.2) is 29.3 Å². The largest absolute Gasteiger partial charge is 0.370 e. The summed E-state index contributed by atoms with van der Waals surface area (Å²) in [6, 6.07) is 8.31. The van der Waals surface area contributed by atoms with Crippen molar-refractivity contribution >= 4 is 18.6 Å². The third-order valence-electron chi connectivity index (χ3n) is 2.06. The van der Waals surface area contributed by atoms with Crippen LogP contribution < -0.4 is 11.5 Å². The van der Waals surface area contributed by atoms with E-state index >= 15 is 0 Å². The van der Waals surface area contributed by atoms with Crippen LogP contribution in [0.2, 0.25) is 0 Å². The van der Waals surface area contributed by atoms with Gasteiger partial charge in [-0.2, -0.15) is 12.6 Å². The van der Waals surface area contributed by atoms with Gasteiger partial charge in [0.1, 0.15) is 0 Å². The lowest BCUT2D eigenvalue weighted by Gasteiger charge is -2.02. The zero-order valence-electron chi connectivity index (χ0n) is 8.69. The first-order chi connectivity index (χ1) is 7.22. The molecule has 0 aliphatic heterocycles. The quantitative estimate of drug-likeness (QED) is 0.400. The molecule has 4 N–H and O–H groups in total. The van der Waals surface area contributed by atoms with E-state index in [0.29, 0.717) is 6.54 Å². The van der Waals surface area contributed by atoms with Crippen molar-refractivity contribution in [2.24, 2.45) is 16.5 Å². The molecule has 1 aromatic rings. The third kappa shape index (κ3) is 4.74. The van der Waals surface area contributed by atoms with Gasteiger partial charge in [-0.3, -0.25) is 0 Å². The second-order valence-corrected chi connectivity index (χ2v) is 3.84. The summed E-state index contributed by atoms with van der Waals surface area (Å²) in [6.07, 6.45) is 2.15. The number of benzene rings is 1. The van der Waals surface area contributed by atoms with Crippen LogP contribution >= 0.6 is 12.6 Å². The average Bonchev–Trinajstić information content (AvgIpc) is 2.24. The molecule has 4 heteroatoms. The Morgan fingerprint density at radius 3 is 2.67 bits per heavy atom. The third-order valence-corrected chi connectivity index (χ3v) is 2.38. The van der Waals surface area contributed by atoms with Gasteiger partial charge >= 0.3 is 0 Å². The van der Waals surface area contributed by atoms with E-state index in [2.05, 4.69) is 29.8 Å². The second kappa shape index (κ2) is 6.35. The van der Waals surface area contributed by atoms with E-state index in [1.54, 1.807) is 0 Å². The summed E-state index contributed by atoms with van der Waals surface area (Å²) in [5, 5.41) is 0. The molecular formula is C11H17N3S. The van der Waals surface area contributed by atoms with Crippen molar-refractivity contribution in [1.82, 2.24) is 0 Å². The maximum absolute atomic E-state index is 5.28. The van der Waals surface area contributed by atoms with Crippen molar-refractivity contribution in [2.45, 2.75) is 19.4 Å². The molecule has 1 rings (SSSR count). The first-order valence-corrected chi connectivity index (χ1v) is 5.59. The number of aliphatic imine (C=N–C) groups is 1. The van der Waals surface area contributed by atoms with E-state index in [1.165, 1.54) is 5.56 Å². The number of thiol groups is 1. The molecule has 15 heavy (non-hydrogen) atoms. The van der Waals surface area contributed by atoms with Gasteiger partial charge in [0.2, 0.25) is 0 Å². The second-order valence-electron chi connectivity index (χ2n) is 3.39. The monoisotopic (exact) mass is 223 g/mol. The van der Waals surface area contributed by atoms with Gasteiger partial charge in [-0.05, 0) is 29.7 Å². The molecule has 0 saturated carbocycles. The van der Waals surface area contributed by atoms with E-state index in [-0.39, 0.29) is 5.96 Å². The normalized spacial score (nSPS) is 9.93. The highest BCUT2D eigenvalue weighted by Crippen LogP contribution is 2.09. The van der Waals surface area contributed by atoms with Gasteiger partial charge in [-0.15, -0.1) is 0 Å². The van der Waals surface area contributed by atoms with Gasteiger partial charge in [0, 0.05) is 0 Å². The van der Waals surface area contributed by atoms with Gasteiger partial charge in [0.15, 0.2) is 5.96 Å². The minimum Gasteiger partial charge on any atom is -0.370 e. The van der Waals surface area contributed by atoms with Crippen LogP contribution in [0.1, 0.15) is 17.5 Å². The first kappa shape index (κ1) is 11.9. The smallest absolute Gasteiger partial charge is 0.186 e. The summed E-state index contributed by atoms with van der Waals surface area (Å²) in [7, 11) is 0. The topological polar surface area (TPSA) is 64.4 Å².